The van der Waals surface area contributed by atoms with Gasteiger partial charge in [-0.25, -0.2) is 8.42 Å². The average molecular weight is 335 g/mol. The molecule has 0 atom stereocenters. The van der Waals surface area contributed by atoms with Crippen LogP contribution in [-0.4, -0.2) is 55.5 Å². The molecule has 124 valence electrons. The van der Waals surface area contributed by atoms with Crippen molar-refractivity contribution in [1.29, 1.82) is 0 Å². The molecule has 0 N–H and O–H groups in total. The highest BCUT2D eigenvalue weighted by atomic mass is 32.2. The van der Waals surface area contributed by atoms with Crippen LogP contribution in [0.1, 0.15) is 18.5 Å². The van der Waals surface area contributed by atoms with Gasteiger partial charge in [0.15, 0.2) is 5.58 Å². The number of piperazine rings is 1. The van der Waals surface area contributed by atoms with Gasteiger partial charge in [-0.2, -0.15) is 4.31 Å². The Morgan fingerprint density at radius 1 is 1.13 bits per heavy atom. The fourth-order valence-electron chi connectivity index (χ4n) is 3.16. The minimum Gasteiger partial charge on any atom is -0.356 e. The molecule has 4 rings (SSSR count). The molecule has 1 aliphatic carbocycles. The molecule has 2 aromatic rings. The van der Waals surface area contributed by atoms with E-state index in [1.807, 2.05) is 18.2 Å². The zero-order chi connectivity index (χ0) is 15.9. The number of hydrogen-bond donors (Lipinski definition) is 0. The first-order valence-corrected chi connectivity index (χ1v) is 9.76. The van der Waals surface area contributed by atoms with Crippen LogP contribution in [0.25, 0.3) is 11.0 Å². The lowest BCUT2D eigenvalue weighted by atomic mass is 10.2. The lowest BCUT2D eigenvalue weighted by Gasteiger charge is -2.33. The van der Waals surface area contributed by atoms with Crippen LogP contribution in [0.15, 0.2) is 28.8 Å². The molecule has 1 aromatic carbocycles. The van der Waals surface area contributed by atoms with Crippen molar-refractivity contribution in [2.24, 2.45) is 5.92 Å². The minimum atomic E-state index is -3.35. The van der Waals surface area contributed by atoms with Gasteiger partial charge in [0, 0.05) is 38.1 Å². The first kappa shape index (κ1) is 15.1. The van der Waals surface area contributed by atoms with E-state index in [0.29, 0.717) is 24.4 Å². The maximum Gasteiger partial charge on any atom is 0.220 e. The summed E-state index contributed by atoms with van der Waals surface area (Å²) in [4.78, 5) is 2.38. The normalized spacial score (nSPS) is 21.0. The van der Waals surface area contributed by atoms with Crippen molar-refractivity contribution in [3.63, 3.8) is 0 Å². The zero-order valence-corrected chi connectivity index (χ0v) is 13.8. The molecule has 1 saturated heterocycles. The number of sulfonamides is 1. The third-order valence-corrected chi connectivity index (χ3v) is 6.50. The molecular formula is C16H21N3O3S. The SMILES string of the molecule is O=S(=O)(Cc1noc2ccccc12)N1CCN(CC2CC2)CC1. The predicted molar refractivity (Wildman–Crippen MR) is 87.4 cm³/mol. The molecule has 7 heteroatoms. The van der Waals surface area contributed by atoms with Crippen LogP contribution in [0.2, 0.25) is 0 Å². The van der Waals surface area contributed by atoms with Crippen LogP contribution < -0.4 is 0 Å². The Hall–Kier alpha value is -1.44. The molecule has 0 bridgehead atoms. The smallest absolute Gasteiger partial charge is 0.220 e. The second kappa shape index (κ2) is 5.89. The molecule has 1 aliphatic heterocycles. The van der Waals surface area contributed by atoms with Gasteiger partial charge in [-0.1, -0.05) is 17.3 Å². The quantitative estimate of drug-likeness (QED) is 0.832. The van der Waals surface area contributed by atoms with Gasteiger partial charge in [-0.15, -0.1) is 0 Å². The van der Waals surface area contributed by atoms with E-state index in [1.54, 1.807) is 10.4 Å². The molecule has 2 fully saturated rings. The Morgan fingerprint density at radius 2 is 1.87 bits per heavy atom. The predicted octanol–water partition coefficient (Wildman–Crippen LogP) is 1.69. The molecule has 2 heterocycles. The van der Waals surface area contributed by atoms with E-state index in [2.05, 4.69) is 10.1 Å². The molecule has 0 unspecified atom stereocenters. The molecule has 0 amide bonds. The fraction of sp³-hybridized carbons (Fsp3) is 0.562. The summed E-state index contributed by atoms with van der Waals surface area (Å²) in [6.45, 7) is 3.93. The van der Waals surface area contributed by atoms with Crippen LogP contribution in [0.5, 0.6) is 0 Å². The van der Waals surface area contributed by atoms with Crippen LogP contribution in [0.3, 0.4) is 0 Å². The lowest BCUT2D eigenvalue weighted by molar-refractivity contribution is 0.182. The fourth-order valence-corrected chi connectivity index (χ4v) is 4.62. The van der Waals surface area contributed by atoms with Crippen LogP contribution in [-0.2, 0) is 15.8 Å². The highest BCUT2D eigenvalue weighted by Gasteiger charge is 2.31. The van der Waals surface area contributed by atoms with E-state index in [-0.39, 0.29) is 5.75 Å². The van der Waals surface area contributed by atoms with Gasteiger partial charge in [0.1, 0.15) is 11.4 Å². The summed E-state index contributed by atoms with van der Waals surface area (Å²) in [7, 11) is -3.35. The number of benzene rings is 1. The van der Waals surface area contributed by atoms with Crippen molar-refractivity contribution < 1.29 is 12.9 Å². The van der Waals surface area contributed by atoms with Crippen molar-refractivity contribution in [3.05, 3.63) is 30.0 Å². The van der Waals surface area contributed by atoms with Gasteiger partial charge in [0.2, 0.25) is 10.0 Å². The van der Waals surface area contributed by atoms with Gasteiger partial charge in [-0.3, -0.25) is 0 Å². The summed E-state index contributed by atoms with van der Waals surface area (Å²) in [5.74, 6) is 0.756. The lowest BCUT2D eigenvalue weighted by Crippen LogP contribution is -2.49. The zero-order valence-electron chi connectivity index (χ0n) is 13.0. The van der Waals surface area contributed by atoms with Crippen LogP contribution in [0.4, 0.5) is 0 Å². The summed E-state index contributed by atoms with van der Waals surface area (Å²) < 4.78 is 32.1. The Balaban J connectivity index is 1.43. The van der Waals surface area contributed by atoms with Gasteiger partial charge in [-0.05, 0) is 30.9 Å². The van der Waals surface area contributed by atoms with Crippen LogP contribution in [0, 0.1) is 5.92 Å². The van der Waals surface area contributed by atoms with Gasteiger partial charge < -0.3 is 9.42 Å². The summed E-state index contributed by atoms with van der Waals surface area (Å²) in [6, 6.07) is 7.37. The largest absolute Gasteiger partial charge is 0.356 e. The van der Waals surface area contributed by atoms with Crippen molar-refractivity contribution >= 4 is 21.0 Å². The van der Waals surface area contributed by atoms with Crippen molar-refractivity contribution in [3.8, 4) is 0 Å². The first-order valence-electron chi connectivity index (χ1n) is 8.15. The van der Waals surface area contributed by atoms with E-state index < -0.39 is 10.0 Å². The van der Waals surface area contributed by atoms with E-state index in [4.69, 9.17) is 4.52 Å². The first-order chi connectivity index (χ1) is 11.1. The average Bonchev–Trinajstić information content (AvgIpc) is 3.28. The minimum absolute atomic E-state index is 0.0906. The number of para-hydroxylation sites is 1. The summed E-state index contributed by atoms with van der Waals surface area (Å²) in [6.07, 6.45) is 2.66. The van der Waals surface area contributed by atoms with Gasteiger partial charge in [0.25, 0.3) is 0 Å². The molecule has 6 nitrogen and oxygen atoms in total. The van der Waals surface area contributed by atoms with Gasteiger partial charge >= 0.3 is 0 Å². The van der Waals surface area contributed by atoms with Crippen molar-refractivity contribution in [2.75, 3.05) is 32.7 Å². The Kier molecular flexibility index (Phi) is 3.87. The second-order valence-electron chi connectivity index (χ2n) is 6.52. The summed E-state index contributed by atoms with van der Waals surface area (Å²) >= 11 is 0. The third-order valence-electron chi connectivity index (χ3n) is 4.71. The third kappa shape index (κ3) is 3.27. The molecule has 2 aliphatic rings. The van der Waals surface area contributed by atoms with Crippen LogP contribution >= 0.6 is 0 Å². The maximum atomic E-state index is 12.7. The number of rotatable bonds is 5. The van der Waals surface area contributed by atoms with E-state index >= 15 is 0 Å². The molecule has 1 aromatic heterocycles. The number of nitrogens with zero attached hydrogens (tertiary/aromatic N) is 3. The number of fused-ring (bicyclic) bond motifs is 1. The summed E-state index contributed by atoms with van der Waals surface area (Å²) in [5.41, 5.74) is 1.13. The maximum absolute atomic E-state index is 12.7. The highest BCUT2D eigenvalue weighted by molar-refractivity contribution is 7.88. The van der Waals surface area contributed by atoms with Gasteiger partial charge in [0.05, 0.1) is 0 Å². The Labute approximate surface area is 136 Å². The van der Waals surface area contributed by atoms with E-state index in [9.17, 15) is 8.42 Å². The Morgan fingerprint density at radius 3 is 2.61 bits per heavy atom. The highest BCUT2D eigenvalue weighted by Crippen LogP contribution is 2.30. The number of aromatic nitrogens is 1. The van der Waals surface area contributed by atoms with Crippen molar-refractivity contribution in [2.45, 2.75) is 18.6 Å². The Bertz CT molecular complexity index is 790. The molecule has 0 radical (unpaired) electrons. The molecule has 1 saturated carbocycles. The molecular weight excluding hydrogens is 314 g/mol. The second-order valence-corrected chi connectivity index (χ2v) is 8.49. The van der Waals surface area contributed by atoms with E-state index in [1.165, 1.54) is 12.8 Å². The monoisotopic (exact) mass is 335 g/mol. The summed E-state index contributed by atoms with van der Waals surface area (Å²) in [5, 5.41) is 4.73. The topological polar surface area (TPSA) is 66.7 Å². The van der Waals surface area contributed by atoms with E-state index in [0.717, 1.165) is 30.9 Å². The van der Waals surface area contributed by atoms with Crippen molar-refractivity contribution in [1.82, 2.24) is 14.4 Å². The number of hydrogen-bond acceptors (Lipinski definition) is 5. The molecule has 0 spiro atoms. The molecule has 23 heavy (non-hydrogen) atoms. The standard InChI is InChI=1S/C16H21N3O3S/c20-23(21,12-15-14-3-1-2-4-16(14)22-17-15)19-9-7-18(8-10-19)11-13-5-6-13/h1-4,13H,5-12H2.